The van der Waals surface area contributed by atoms with Gasteiger partial charge in [-0.3, -0.25) is 14.6 Å². The Morgan fingerprint density at radius 1 is 1.42 bits per heavy atom. The summed E-state index contributed by atoms with van der Waals surface area (Å²) in [5.74, 6) is -2.24. The molecule has 1 atom stereocenters. The van der Waals surface area contributed by atoms with E-state index in [0.717, 1.165) is 6.08 Å². The molecule has 0 aliphatic heterocycles. The van der Waals surface area contributed by atoms with Crippen molar-refractivity contribution in [3.05, 3.63) is 35.7 Å². The van der Waals surface area contributed by atoms with Crippen molar-refractivity contribution < 1.29 is 19.5 Å². The molecule has 1 aromatic rings. The molecule has 1 rings (SSSR count). The maximum Gasteiger partial charge on any atom is 0.328 e. The number of nitrogens with two attached hydrogens (primary N) is 1. The molecule has 0 aliphatic carbocycles. The first-order valence-corrected chi connectivity index (χ1v) is 5.37. The van der Waals surface area contributed by atoms with E-state index in [-0.39, 0.29) is 5.69 Å². The first-order chi connectivity index (χ1) is 8.90. The van der Waals surface area contributed by atoms with Crippen molar-refractivity contribution in [1.29, 1.82) is 0 Å². The van der Waals surface area contributed by atoms with Crippen molar-refractivity contribution in [2.24, 2.45) is 5.73 Å². The number of hydrogen-bond donors (Lipinski definition) is 3. The summed E-state index contributed by atoms with van der Waals surface area (Å²) in [4.78, 5) is 36.6. The molecule has 0 fully saturated rings. The Balaban J connectivity index is 2.73. The van der Waals surface area contributed by atoms with Gasteiger partial charge in [-0.05, 0) is 24.6 Å². The largest absolute Gasteiger partial charge is 0.478 e. The quantitative estimate of drug-likeness (QED) is 0.634. The molecule has 0 spiro atoms. The fourth-order valence-corrected chi connectivity index (χ4v) is 1.15. The van der Waals surface area contributed by atoms with Gasteiger partial charge in [-0.15, -0.1) is 0 Å². The van der Waals surface area contributed by atoms with Crippen LogP contribution < -0.4 is 11.1 Å². The summed E-state index contributed by atoms with van der Waals surface area (Å²) in [6.45, 7) is 1.46. The Morgan fingerprint density at radius 3 is 2.58 bits per heavy atom. The van der Waals surface area contributed by atoms with Crippen LogP contribution in [0.1, 0.15) is 23.0 Å². The maximum atomic E-state index is 11.6. The Bertz CT molecular complexity index is 522. The minimum Gasteiger partial charge on any atom is -0.478 e. The van der Waals surface area contributed by atoms with E-state index in [1.165, 1.54) is 31.3 Å². The Kier molecular flexibility index (Phi) is 4.76. The van der Waals surface area contributed by atoms with Gasteiger partial charge < -0.3 is 16.2 Å². The maximum absolute atomic E-state index is 11.6. The SMILES string of the molecule is CC(NC(=O)c1ccc(C=CC(=O)O)cn1)C(N)=O. The lowest BCUT2D eigenvalue weighted by Crippen LogP contribution is -2.42. The first-order valence-electron chi connectivity index (χ1n) is 5.37. The van der Waals surface area contributed by atoms with Crippen molar-refractivity contribution in [3.8, 4) is 0 Å². The van der Waals surface area contributed by atoms with Crippen LogP contribution in [0.5, 0.6) is 0 Å². The first kappa shape index (κ1) is 14.4. The number of rotatable bonds is 5. The van der Waals surface area contributed by atoms with Gasteiger partial charge in [0.25, 0.3) is 5.91 Å². The van der Waals surface area contributed by atoms with Crippen molar-refractivity contribution in [2.75, 3.05) is 0 Å². The highest BCUT2D eigenvalue weighted by molar-refractivity contribution is 5.95. The van der Waals surface area contributed by atoms with Gasteiger partial charge in [0, 0.05) is 12.3 Å². The van der Waals surface area contributed by atoms with Crippen LogP contribution >= 0.6 is 0 Å². The third-order valence-electron chi connectivity index (χ3n) is 2.21. The van der Waals surface area contributed by atoms with E-state index >= 15 is 0 Å². The smallest absolute Gasteiger partial charge is 0.328 e. The van der Waals surface area contributed by atoms with Gasteiger partial charge in [-0.1, -0.05) is 6.07 Å². The number of carboxylic acids is 1. The number of hydrogen-bond acceptors (Lipinski definition) is 4. The van der Waals surface area contributed by atoms with Crippen molar-refractivity contribution in [1.82, 2.24) is 10.3 Å². The molecular formula is C12H13N3O4. The number of nitrogens with zero attached hydrogens (tertiary/aromatic N) is 1. The molecule has 0 saturated carbocycles. The van der Waals surface area contributed by atoms with E-state index in [4.69, 9.17) is 10.8 Å². The van der Waals surface area contributed by atoms with Crippen LogP contribution in [0.25, 0.3) is 6.08 Å². The average Bonchev–Trinajstić information content (AvgIpc) is 2.36. The molecule has 4 N–H and O–H groups in total. The van der Waals surface area contributed by atoms with Crippen LogP contribution in [0.4, 0.5) is 0 Å². The van der Waals surface area contributed by atoms with Gasteiger partial charge in [-0.2, -0.15) is 0 Å². The summed E-state index contributed by atoms with van der Waals surface area (Å²) >= 11 is 0. The van der Waals surface area contributed by atoms with E-state index in [1.807, 2.05) is 0 Å². The molecule has 100 valence electrons. The lowest BCUT2D eigenvalue weighted by molar-refractivity contribution is -0.131. The zero-order chi connectivity index (χ0) is 14.4. The minimum atomic E-state index is -1.07. The van der Waals surface area contributed by atoms with E-state index in [9.17, 15) is 14.4 Å². The van der Waals surface area contributed by atoms with Crippen molar-refractivity contribution in [3.63, 3.8) is 0 Å². The molecular weight excluding hydrogens is 250 g/mol. The summed E-state index contributed by atoms with van der Waals surface area (Å²) < 4.78 is 0. The summed E-state index contributed by atoms with van der Waals surface area (Å²) in [5.41, 5.74) is 5.67. The third kappa shape index (κ3) is 4.58. The number of amides is 2. The molecule has 7 heteroatoms. The second-order valence-electron chi connectivity index (χ2n) is 3.75. The number of carboxylic acid groups (broad SMARTS) is 1. The van der Waals surface area contributed by atoms with Crippen molar-refractivity contribution in [2.45, 2.75) is 13.0 Å². The lowest BCUT2D eigenvalue weighted by atomic mass is 10.2. The van der Waals surface area contributed by atoms with Gasteiger partial charge in [0.05, 0.1) is 0 Å². The minimum absolute atomic E-state index is 0.112. The second kappa shape index (κ2) is 6.29. The standard InChI is InChI=1S/C12H13N3O4/c1-7(11(13)18)15-12(19)9-4-2-8(6-14-9)3-5-10(16)17/h2-7H,1H3,(H2,13,18)(H,15,19)(H,16,17). The predicted octanol–water partition coefficient (Wildman–Crippen LogP) is -0.217. The van der Waals surface area contributed by atoms with Crippen LogP contribution in [0, 0.1) is 0 Å². The highest BCUT2D eigenvalue weighted by Gasteiger charge is 2.14. The molecule has 1 unspecified atom stereocenters. The van der Waals surface area contributed by atoms with Crippen LogP contribution in [0.3, 0.4) is 0 Å². The fraction of sp³-hybridized carbons (Fsp3) is 0.167. The normalized spacial score (nSPS) is 12.1. The fourth-order valence-electron chi connectivity index (χ4n) is 1.15. The number of primary amides is 1. The van der Waals surface area contributed by atoms with Gasteiger partial charge in [-0.25, -0.2) is 4.79 Å². The molecule has 0 saturated heterocycles. The van der Waals surface area contributed by atoms with E-state index in [2.05, 4.69) is 10.3 Å². The third-order valence-corrected chi connectivity index (χ3v) is 2.21. The molecule has 1 aromatic heterocycles. The summed E-state index contributed by atoms with van der Waals surface area (Å²) in [6, 6.07) is 2.17. The van der Waals surface area contributed by atoms with Gasteiger partial charge in [0.1, 0.15) is 11.7 Å². The number of carbonyl (C=O) groups is 3. The van der Waals surface area contributed by atoms with E-state index < -0.39 is 23.8 Å². The number of aliphatic carboxylic acids is 1. The molecule has 0 aromatic carbocycles. The summed E-state index contributed by atoms with van der Waals surface area (Å²) in [5, 5.41) is 10.8. The zero-order valence-corrected chi connectivity index (χ0v) is 10.2. The summed E-state index contributed by atoms with van der Waals surface area (Å²) in [6.07, 6.45) is 3.66. The Hall–Kier alpha value is -2.70. The van der Waals surface area contributed by atoms with E-state index in [1.54, 1.807) is 0 Å². The topological polar surface area (TPSA) is 122 Å². The predicted molar refractivity (Wildman–Crippen MR) is 67.0 cm³/mol. The Morgan fingerprint density at radius 2 is 2.11 bits per heavy atom. The van der Waals surface area contributed by atoms with Gasteiger partial charge in [0.15, 0.2) is 0 Å². The van der Waals surface area contributed by atoms with Gasteiger partial charge >= 0.3 is 5.97 Å². The van der Waals surface area contributed by atoms with Crippen LogP contribution in [-0.2, 0) is 9.59 Å². The lowest BCUT2D eigenvalue weighted by Gasteiger charge is -2.09. The molecule has 1 heterocycles. The molecule has 7 nitrogen and oxygen atoms in total. The van der Waals surface area contributed by atoms with Gasteiger partial charge in [0.2, 0.25) is 5.91 Å². The number of aromatic nitrogens is 1. The number of carbonyl (C=O) groups excluding carboxylic acids is 2. The van der Waals surface area contributed by atoms with Crippen LogP contribution in [-0.4, -0.2) is 33.9 Å². The number of nitrogens with one attached hydrogen (secondary N) is 1. The highest BCUT2D eigenvalue weighted by Crippen LogP contribution is 2.03. The second-order valence-corrected chi connectivity index (χ2v) is 3.75. The van der Waals surface area contributed by atoms with E-state index in [0.29, 0.717) is 5.56 Å². The molecule has 19 heavy (non-hydrogen) atoms. The highest BCUT2D eigenvalue weighted by atomic mass is 16.4. The molecule has 0 radical (unpaired) electrons. The average molecular weight is 263 g/mol. The van der Waals surface area contributed by atoms with Crippen molar-refractivity contribution >= 4 is 23.9 Å². The monoisotopic (exact) mass is 263 g/mol. The molecule has 0 bridgehead atoms. The summed E-state index contributed by atoms with van der Waals surface area (Å²) in [7, 11) is 0. The van der Waals surface area contributed by atoms with Crippen LogP contribution in [0.2, 0.25) is 0 Å². The molecule has 2 amide bonds. The van der Waals surface area contributed by atoms with Crippen LogP contribution in [0.15, 0.2) is 24.4 Å². The molecule has 0 aliphatic rings. The number of pyridine rings is 1. The zero-order valence-electron chi connectivity index (χ0n) is 10.2. The Labute approximate surface area is 109 Å².